The molecule has 0 fully saturated rings. The zero-order valence-corrected chi connectivity index (χ0v) is 17.4. The van der Waals surface area contributed by atoms with E-state index in [0.717, 1.165) is 27.8 Å². The van der Waals surface area contributed by atoms with E-state index < -0.39 is 5.60 Å². The van der Waals surface area contributed by atoms with Gasteiger partial charge in [0.25, 0.3) is 5.91 Å². The van der Waals surface area contributed by atoms with Crippen LogP contribution in [0.15, 0.2) is 42.5 Å². The van der Waals surface area contributed by atoms with E-state index in [1.54, 1.807) is 17.0 Å². The summed E-state index contributed by atoms with van der Waals surface area (Å²) in [6, 6.07) is 10.2. The zero-order chi connectivity index (χ0) is 21.5. The average molecular weight is 408 g/mol. The molecule has 2 aromatic rings. The summed E-state index contributed by atoms with van der Waals surface area (Å²) in [5.74, 6) is -0.391. The molecule has 30 heavy (non-hydrogen) atoms. The van der Waals surface area contributed by atoms with Crippen molar-refractivity contribution in [2.45, 2.75) is 39.3 Å². The SMILES string of the molecule is CC(C)(C)OC(=O)N1CC=C(c2cc3c(cc2-c2ccc(F)cc2)C(=O)NC3)CC1. The molecule has 5 nitrogen and oxygen atoms in total. The highest BCUT2D eigenvalue weighted by Gasteiger charge is 2.27. The molecule has 1 N–H and O–H groups in total. The predicted molar refractivity (Wildman–Crippen MR) is 113 cm³/mol. The van der Waals surface area contributed by atoms with Gasteiger partial charge in [0, 0.05) is 25.2 Å². The largest absolute Gasteiger partial charge is 0.444 e. The molecular formula is C24H25FN2O3. The molecule has 0 saturated heterocycles. The van der Waals surface area contributed by atoms with Gasteiger partial charge in [0.1, 0.15) is 11.4 Å². The minimum absolute atomic E-state index is 0.0892. The first-order valence-electron chi connectivity index (χ1n) is 10.1. The van der Waals surface area contributed by atoms with Crippen molar-refractivity contribution in [3.05, 3.63) is 65.0 Å². The average Bonchev–Trinajstić information content (AvgIpc) is 3.06. The fourth-order valence-electron chi connectivity index (χ4n) is 3.81. The second kappa shape index (κ2) is 7.59. The van der Waals surface area contributed by atoms with Gasteiger partial charge in [-0.2, -0.15) is 0 Å². The first kappa shape index (κ1) is 20.1. The van der Waals surface area contributed by atoms with Crippen molar-refractivity contribution in [2.75, 3.05) is 13.1 Å². The van der Waals surface area contributed by atoms with Crippen LogP contribution >= 0.6 is 0 Å². The summed E-state index contributed by atoms with van der Waals surface area (Å²) in [4.78, 5) is 26.2. The minimum atomic E-state index is -0.531. The quantitative estimate of drug-likeness (QED) is 0.779. The van der Waals surface area contributed by atoms with E-state index in [0.29, 0.717) is 31.6 Å². The number of nitrogens with zero attached hydrogens (tertiary/aromatic N) is 1. The van der Waals surface area contributed by atoms with Crippen LogP contribution in [0.1, 0.15) is 48.7 Å². The maximum atomic E-state index is 13.5. The molecule has 4 rings (SSSR count). The van der Waals surface area contributed by atoms with Crippen molar-refractivity contribution in [3.8, 4) is 11.1 Å². The number of halogens is 1. The van der Waals surface area contributed by atoms with Crippen LogP contribution < -0.4 is 5.32 Å². The molecule has 2 heterocycles. The van der Waals surface area contributed by atoms with E-state index in [4.69, 9.17) is 4.74 Å². The second-order valence-electron chi connectivity index (χ2n) is 8.65. The monoisotopic (exact) mass is 408 g/mol. The Morgan fingerprint density at radius 1 is 1.10 bits per heavy atom. The Kier molecular flexibility index (Phi) is 5.10. The highest BCUT2D eigenvalue weighted by Crippen LogP contribution is 2.36. The molecule has 0 unspecified atom stereocenters. The van der Waals surface area contributed by atoms with Gasteiger partial charge in [-0.1, -0.05) is 18.2 Å². The molecule has 2 aliphatic heterocycles. The van der Waals surface area contributed by atoms with Crippen LogP contribution in [0.4, 0.5) is 9.18 Å². The van der Waals surface area contributed by atoms with Crippen molar-refractivity contribution in [2.24, 2.45) is 0 Å². The topological polar surface area (TPSA) is 58.6 Å². The lowest BCUT2D eigenvalue weighted by molar-refractivity contribution is 0.0270. The van der Waals surface area contributed by atoms with E-state index in [1.165, 1.54) is 12.1 Å². The molecule has 0 aromatic heterocycles. The Morgan fingerprint density at radius 3 is 2.47 bits per heavy atom. The molecule has 0 radical (unpaired) electrons. The third-order valence-corrected chi connectivity index (χ3v) is 5.29. The molecule has 6 heteroatoms. The van der Waals surface area contributed by atoms with Crippen molar-refractivity contribution >= 4 is 17.6 Å². The summed E-state index contributed by atoms with van der Waals surface area (Å²) in [5, 5.41) is 2.86. The van der Waals surface area contributed by atoms with Gasteiger partial charge in [-0.3, -0.25) is 4.79 Å². The lowest BCUT2D eigenvalue weighted by atomic mass is 9.88. The number of ether oxygens (including phenoxy) is 1. The molecule has 2 aliphatic rings. The second-order valence-corrected chi connectivity index (χ2v) is 8.65. The van der Waals surface area contributed by atoms with Crippen LogP contribution in [0.25, 0.3) is 16.7 Å². The van der Waals surface area contributed by atoms with E-state index in [2.05, 4.69) is 5.32 Å². The van der Waals surface area contributed by atoms with Crippen molar-refractivity contribution in [3.63, 3.8) is 0 Å². The highest BCUT2D eigenvalue weighted by atomic mass is 19.1. The van der Waals surface area contributed by atoms with Gasteiger partial charge in [-0.05, 0) is 79.3 Å². The minimum Gasteiger partial charge on any atom is -0.444 e. The summed E-state index contributed by atoms with van der Waals surface area (Å²) in [5.41, 5.74) is 4.95. The zero-order valence-electron chi connectivity index (χ0n) is 17.4. The van der Waals surface area contributed by atoms with Crippen molar-refractivity contribution < 1.29 is 18.7 Å². The number of hydrogen-bond acceptors (Lipinski definition) is 3. The maximum absolute atomic E-state index is 13.5. The lowest BCUT2D eigenvalue weighted by Gasteiger charge is -2.30. The molecule has 156 valence electrons. The summed E-state index contributed by atoms with van der Waals surface area (Å²) in [6.07, 6.45) is 2.39. The fourth-order valence-corrected chi connectivity index (χ4v) is 3.81. The van der Waals surface area contributed by atoms with Gasteiger partial charge in [-0.15, -0.1) is 0 Å². The maximum Gasteiger partial charge on any atom is 0.410 e. The standard InChI is InChI=1S/C24H25FN2O3/c1-24(2,3)30-23(29)27-10-8-16(9-11-27)19-12-17-14-26-22(28)21(17)13-20(19)15-4-6-18(25)7-5-15/h4-8,12-13H,9-11,14H2,1-3H3,(H,26,28). The van der Waals surface area contributed by atoms with Gasteiger partial charge in [0.2, 0.25) is 0 Å². The van der Waals surface area contributed by atoms with Gasteiger partial charge >= 0.3 is 6.09 Å². The summed E-state index contributed by atoms with van der Waals surface area (Å²) >= 11 is 0. The highest BCUT2D eigenvalue weighted by molar-refractivity contribution is 6.01. The number of benzene rings is 2. The van der Waals surface area contributed by atoms with Gasteiger partial charge in [-0.25, -0.2) is 9.18 Å². The van der Waals surface area contributed by atoms with Crippen LogP contribution in [0, 0.1) is 5.82 Å². The van der Waals surface area contributed by atoms with Crippen LogP contribution in [0.5, 0.6) is 0 Å². The van der Waals surface area contributed by atoms with E-state index in [9.17, 15) is 14.0 Å². The number of carbonyl (C=O) groups is 2. The normalized spacial score (nSPS) is 16.1. The van der Waals surface area contributed by atoms with Crippen molar-refractivity contribution in [1.82, 2.24) is 10.2 Å². The predicted octanol–water partition coefficient (Wildman–Crippen LogP) is 4.76. The Balaban J connectivity index is 1.68. The van der Waals surface area contributed by atoms with Crippen LogP contribution in [-0.2, 0) is 11.3 Å². The van der Waals surface area contributed by atoms with Crippen LogP contribution in [-0.4, -0.2) is 35.6 Å². The number of rotatable bonds is 2. The van der Waals surface area contributed by atoms with E-state index in [-0.39, 0.29) is 17.8 Å². The number of amides is 2. The molecular weight excluding hydrogens is 383 g/mol. The first-order chi connectivity index (χ1) is 14.2. The van der Waals surface area contributed by atoms with Gasteiger partial charge < -0.3 is 15.0 Å². The van der Waals surface area contributed by atoms with E-state index >= 15 is 0 Å². The summed E-state index contributed by atoms with van der Waals surface area (Å²) in [7, 11) is 0. The lowest BCUT2D eigenvalue weighted by Crippen LogP contribution is -2.39. The molecule has 0 saturated carbocycles. The Bertz CT molecular complexity index is 1040. The molecule has 2 aromatic carbocycles. The number of fused-ring (bicyclic) bond motifs is 1. The molecule has 0 spiro atoms. The Hall–Kier alpha value is -3.15. The molecule has 2 amide bonds. The molecule has 0 aliphatic carbocycles. The number of nitrogens with one attached hydrogen (secondary N) is 1. The molecule has 0 bridgehead atoms. The van der Waals surface area contributed by atoms with Gasteiger partial charge in [0.15, 0.2) is 0 Å². The smallest absolute Gasteiger partial charge is 0.410 e. The Morgan fingerprint density at radius 2 is 1.83 bits per heavy atom. The van der Waals surface area contributed by atoms with E-state index in [1.807, 2.05) is 39.0 Å². The van der Waals surface area contributed by atoms with Gasteiger partial charge in [0.05, 0.1) is 0 Å². The number of hydrogen-bond donors (Lipinski definition) is 1. The fraction of sp³-hybridized carbons (Fsp3) is 0.333. The summed E-state index contributed by atoms with van der Waals surface area (Å²) < 4.78 is 18.9. The number of carbonyl (C=O) groups excluding carboxylic acids is 2. The molecule has 0 atom stereocenters. The third-order valence-electron chi connectivity index (χ3n) is 5.29. The first-order valence-corrected chi connectivity index (χ1v) is 10.1. The van der Waals surface area contributed by atoms with Crippen LogP contribution in [0.3, 0.4) is 0 Å². The Labute approximate surface area is 175 Å². The summed E-state index contributed by atoms with van der Waals surface area (Å²) in [6.45, 7) is 7.07. The van der Waals surface area contributed by atoms with Crippen molar-refractivity contribution in [1.29, 1.82) is 0 Å². The van der Waals surface area contributed by atoms with Crippen LogP contribution in [0.2, 0.25) is 0 Å². The third kappa shape index (κ3) is 4.08.